The topological polar surface area (TPSA) is 53.6 Å². The van der Waals surface area contributed by atoms with Crippen molar-refractivity contribution in [2.24, 2.45) is 16.6 Å². The van der Waals surface area contributed by atoms with Gasteiger partial charge in [0.25, 0.3) is 0 Å². The van der Waals surface area contributed by atoms with Crippen molar-refractivity contribution in [3.63, 3.8) is 0 Å². The van der Waals surface area contributed by atoms with E-state index in [9.17, 15) is 0 Å². The van der Waals surface area contributed by atoms with Crippen molar-refractivity contribution >= 4 is 5.96 Å². The Morgan fingerprint density at radius 1 is 1.21 bits per heavy atom. The summed E-state index contributed by atoms with van der Waals surface area (Å²) in [5.41, 5.74) is 8.61. The first-order chi connectivity index (χ1) is 11.6. The maximum absolute atomic E-state index is 5.97. The summed E-state index contributed by atoms with van der Waals surface area (Å²) in [6.07, 6.45) is 6.82. The number of hydrogen-bond donors (Lipinski definition) is 2. The summed E-state index contributed by atoms with van der Waals surface area (Å²) in [5.74, 6) is 1.11. The normalized spacial score (nSPS) is 16.8. The van der Waals surface area contributed by atoms with E-state index in [0.29, 0.717) is 18.4 Å². The highest BCUT2D eigenvalue weighted by atomic mass is 15.1. The fraction of sp³-hybridized carbons (Fsp3) is 0.650. The molecule has 1 saturated carbocycles. The van der Waals surface area contributed by atoms with Gasteiger partial charge in [-0.3, -0.25) is 4.90 Å². The summed E-state index contributed by atoms with van der Waals surface area (Å²) in [5, 5.41) is 3.18. The minimum Gasteiger partial charge on any atom is -0.370 e. The van der Waals surface area contributed by atoms with Crippen molar-refractivity contribution < 1.29 is 0 Å². The van der Waals surface area contributed by atoms with Gasteiger partial charge in [0.05, 0.1) is 6.54 Å². The molecule has 0 atom stereocenters. The SMILES string of the molecule is CC(C)CNC(N)=NCc1ccccc1CN(C)C1CCCCC1. The Morgan fingerprint density at radius 2 is 1.88 bits per heavy atom. The van der Waals surface area contributed by atoms with Gasteiger partial charge < -0.3 is 11.1 Å². The van der Waals surface area contributed by atoms with Crippen LogP contribution in [0.2, 0.25) is 0 Å². The molecule has 2 rings (SSSR count). The van der Waals surface area contributed by atoms with Gasteiger partial charge in [-0.25, -0.2) is 4.99 Å². The molecule has 0 aromatic heterocycles. The number of nitrogens with zero attached hydrogens (tertiary/aromatic N) is 2. The van der Waals surface area contributed by atoms with E-state index in [1.165, 1.54) is 43.2 Å². The van der Waals surface area contributed by atoms with Crippen molar-refractivity contribution in [3.05, 3.63) is 35.4 Å². The van der Waals surface area contributed by atoms with E-state index >= 15 is 0 Å². The first kappa shape index (κ1) is 18.8. The van der Waals surface area contributed by atoms with Crippen LogP contribution in [0.15, 0.2) is 29.3 Å². The van der Waals surface area contributed by atoms with Gasteiger partial charge in [0.2, 0.25) is 0 Å². The van der Waals surface area contributed by atoms with Crippen LogP contribution in [0.1, 0.15) is 57.1 Å². The lowest BCUT2D eigenvalue weighted by Gasteiger charge is -2.31. The van der Waals surface area contributed by atoms with Gasteiger partial charge in [-0.05, 0) is 36.9 Å². The number of guanidine groups is 1. The molecule has 1 aromatic carbocycles. The zero-order chi connectivity index (χ0) is 17.4. The minimum atomic E-state index is 0.541. The maximum atomic E-state index is 5.97. The molecule has 1 fully saturated rings. The highest BCUT2D eigenvalue weighted by Gasteiger charge is 2.18. The van der Waals surface area contributed by atoms with Crippen molar-refractivity contribution in [3.8, 4) is 0 Å². The molecule has 1 aliphatic rings. The van der Waals surface area contributed by atoms with Crippen LogP contribution in [0.4, 0.5) is 0 Å². The fourth-order valence-corrected chi connectivity index (χ4v) is 3.32. The van der Waals surface area contributed by atoms with Crippen LogP contribution in [-0.2, 0) is 13.1 Å². The summed E-state index contributed by atoms with van der Waals surface area (Å²) in [6, 6.07) is 9.34. The van der Waals surface area contributed by atoms with Gasteiger partial charge in [-0.1, -0.05) is 57.4 Å². The van der Waals surface area contributed by atoms with Crippen molar-refractivity contribution in [2.45, 2.75) is 65.1 Å². The Hall–Kier alpha value is -1.55. The van der Waals surface area contributed by atoms with E-state index in [1.54, 1.807) is 0 Å². The van der Waals surface area contributed by atoms with Crippen molar-refractivity contribution in [1.82, 2.24) is 10.2 Å². The largest absolute Gasteiger partial charge is 0.370 e. The van der Waals surface area contributed by atoms with Gasteiger partial charge >= 0.3 is 0 Å². The second kappa shape index (κ2) is 9.67. The van der Waals surface area contributed by atoms with Crippen LogP contribution in [0.25, 0.3) is 0 Å². The average Bonchev–Trinajstić information content (AvgIpc) is 2.60. The van der Waals surface area contributed by atoms with E-state index in [-0.39, 0.29) is 0 Å². The highest BCUT2D eigenvalue weighted by Crippen LogP contribution is 2.23. The summed E-state index contributed by atoms with van der Waals surface area (Å²) in [6.45, 7) is 6.83. The molecule has 0 radical (unpaired) electrons. The van der Waals surface area contributed by atoms with Gasteiger partial charge in [0.1, 0.15) is 0 Å². The lowest BCUT2D eigenvalue weighted by molar-refractivity contribution is 0.184. The van der Waals surface area contributed by atoms with Crippen LogP contribution < -0.4 is 11.1 Å². The van der Waals surface area contributed by atoms with Crippen LogP contribution in [0.5, 0.6) is 0 Å². The first-order valence-corrected chi connectivity index (χ1v) is 9.37. The minimum absolute atomic E-state index is 0.541. The summed E-state index contributed by atoms with van der Waals surface area (Å²) in [7, 11) is 2.26. The number of nitrogens with two attached hydrogens (primary N) is 1. The fourth-order valence-electron chi connectivity index (χ4n) is 3.32. The molecule has 0 unspecified atom stereocenters. The van der Waals surface area contributed by atoms with E-state index in [4.69, 9.17) is 5.73 Å². The second-order valence-electron chi connectivity index (χ2n) is 7.45. The predicted octanol–water partition coefficient (Wildman–Crippen LogP) is 3.51. The van der Waals surface area contributed by atoms with Gasteiger partial charge in [0, 0.05) is 19.1 Å². The van der Waals surface area contributed by atoms with Gasteiger partial charge in [-0.2, -0.15) is 0 Å². The van der Waals surface area contributed by atoms with Crippen LogP contribution in [0.3, 0.4) is 0 Å². The lowest BCUT2D eigenvalue weighted by atomic mass is 9.94. The molecule has 4 nitrogen and oxygen atoms in total. The molecule has 1 aromatic rings. The molecule has 24 heavy (non-hydrogen) atoms. The third-order valence-corrected chi connectivity index (χ3v) is 4.85. The highest BCUT2D eigenvalue weighted by molar-refractivity contribution is 5.77. The zero-order valence-corrected chi connectivity index (χ0v) is 15.6. The molecule has 4 heteroatoms. The zero-order valence-electron chi connectivity index (χ0n) is 15.6. The summed E-state index contributed by atoms with van der Waals surface area (Å²) >= 11 is 0. The standard InChI is InChI=1S/C20H34N4/c1-16(2)13-22-20(21)23-14-17-9-7-8-10-18(17)15-24(3)19-11-5-4-6-12-19/h7-10,16,19H,4-6,11-15H2,1-3H3,(H3,21,22,23). The Bertz CT molecular complexity index is 518. The molecule has 0 heterocycles. The molecule has 0 amide bonds. The smallest absolute Gasteiger partial charge is 0.188 e. The van der Waals surface area contributed by atoms with E-state index in [0.717, 1.165) is 19.1 Å². The quantitative estimate of drug-likeness (QED) is 0.594. The Morgan fingerprint density at radius 3 is 2.54 bits per heavy atom. The van der Waals surface area contributed by atoms with E-state index in [1.807, 2.05) is 0 Å². The molecular weight excluding hydrogens is 296 g/mol. The third kappa shape index (κ3) is 6.16. The molecule has 0 saturated heterocycles. The number of rotatable bonds is 7. The van der Waals surface area contributed by atoms with Crippen LogP contribution in [-0.4, -0.2) is 30.5 Å². The first-order valence-electron chi connectivity index (χ1n) is 9.37. The molecule has 134 valence electrons. The summed E-state index contributed by atoms with van der Waals surface area (Å²) in [4.78, 5) is 7.03. The lowest BCUT2D eigenvalue weighted by Crippen LogP contribution is -2.34. The van der Waals surface area contributed by atoms with Gasteiger partial charge in [0.15, 0.2) is 5.96 Å². The Kier molecular flexibility index (Phi) is 7.57. The number of hydrogen-bond acceptors (Lipinski definition) is 2. The number of aliphatic imine (C=N–C) groups is 1. The molecule has 1 aliphatic carbocycles. The number of nitrogens with one attached hydrogen (secondary N) is 1. The molecule has 0 bridgehead atoms. The predicted molar refractivity (Wildman–Crippen MR) is 103 cm³/mol. The molecule has 3 N–H and O–H groups in total. The van der Waals surface area contributed by atoms with Crippen molar-refractivity contribution in [2.75, 3.05) is 13.6 Å². The summed E-state index contributed by atoms with van der Waals surface area (Å²) < 4.78 is 0. The maximum Gasteiger partial charge on any atom is 0.188 e. The average molecular weight is 331 g/mol. The monoisotopic (exact) mass is 330 g/mol. The molecule has 0 spiro atoms. The van der Waals surface area contributed by atoms with E-state index in [2.05, 4.69) is 60.4 Å². The number of benzene rings is 1. The van der Waals surface area contributed by atoms with Gasteiger partial charge in [-0.15, -0.1) is 0 Å². The molecular formula is C20H34N4. The third-order valence-electron chi connectivity index (χ3n) is 4.85. The van der Waals surface area contributed by atoms with Crippen LogP contribution in [0, 0.1) is 5.92 Å². The second-order valence-corrected chi connectivity index (χ2v) is 7.45. The van der Waals surface area contributed by atoms with E-state index < -0.39 is 0 Å². The van der Waals surface area contributed by atoms with Crippen molar-refractivity contribution in [1.29, 1.82) is 0 Å². The van der Waals surface area contributed by atoms with Crippen LogP contribution >= 0.6 is 0 Å². The Labute approximate surface area is 147 Å². The Balaban J connectivity index is 1.95. The molecule has 0 aliphatic heterocycles.